The standard InChI is InChI=1S/C32H31N5OS/c1-21-17-22(2)19-25(18-21)33-32(38)36-20-28-23(3)34-37(26-9-6-5-7-10-26)31(28)35-16-8-11-29(35)30(36)24-12-14-27(39-4)15-13-24/h5-19,30H,20H2,1-4H3,(H,33,38)/t30-/m0/s1. The minimum atomic E-state index is -0.294. The molecular formula is C32H31N5OS. The molecule has 6 rings (SSSR count). The number of amides is 2. The summed E-state index contributed by atoms with van der Waals surface area (Å²) in [4.78, 5) is 17.3. The molecule has 0 unspecified atom stereocenters. The van der Waals surface area contributed by atoms with Gasteiger partial charge >= 0.3 is 6.03 Å². The molecule has 3 aromatic carbocycles. The smallest absolute Gasteiger partial charge is 0.308 e. The Kier molecular flexibility index (Phi) is 6.53. The van der Waals surface area contributed by atoms with Gasteiger partial charge in [-0.15, -0.1) is 11.8 Å². The molecule has 2 amide bonds. The van der Waals surface area contributed by atoms with Crippen molar-refractivity contribution < 1.29 is 4.79 Å². The van der Waals surface area contributed by atoms with E-state index in [0.717, 1.165) is 50.8 Å². The third-order valence-corrected chi connectivity index (χ3v) is 8.00. The number of benzene rings is 3. The summed E-state index contributed by atoms with van der Waals surface area (Å²) in [5.41, 5.74) is 8.00. The largest absolute Gasteiger partial charge is 0.322 e. The van der Waals surface area contributed by atoms with Crippen molar-refractivity contribution in [3.05, 3.63) is 125 Å². The van der Waals surface area contributed by atoms with Gasteiger partial charge < -0.3 is 14.8 Å². The summed E-state index contributed by atoms with van der Waals surface area (Å²) in [7, 11) is 0. The number of para-hydroxylation sites is 1. The number of aromatic nitrogens is 3. The van der Waals surface area contributed by atoms with E-state index < -0.39 is 0 Å². The summed E-state index contributed by atoms with van der Waals surface area (Å²) in [6.07, 6.45) is 4.15. The first kappa shape index (κ1) is 25.1. The Morgan fingerprint density at radius 2 is 1.64 bits per heavy atom. The first-order valence-corrected chi connectivity index (χ1v) is 14.3. The lowest BCUT2D eigenvalue weighted by Crippen LogP contribution is -2.38. The molecule has 0 saturated carbocycles. The van der Waals surface area contributed by atoms with Crippen LogP contribution in [0.15, 0.2) is 96.0 Å². The van der Waals surface area contributed by atoms with Crippen LogP contribution in [-0.4, -0.2) is 31.5 Å². The maximum Gasteiger partial charge on any atom is 0.322 e. The fraction of sp³-hybridized carbons (Fsp3) is 0.188. The Morgan fingerprint density at radius 3 is 2.33 bits per heavy atom. The van der Waals surface area contributed by atoms with Crippen molar-refractivity contribution in [2.45, 2.75) is 38.3 Å². The molecule has 1 atom stereocenters. The summed E-state index contributed by atoms with van der Waals surface area (Å²) in [6, 6.07) is 28.5. The Balaban J connectivity index is 1.52. The van der Waals surface area contributed by atoms with E-state index in [0.29, 0.717) is 6.54 Å². The highest BCUT2D eigenvalue weighted by Crippen LogP contribution is 2.39. The van der Waals surface area contributed by atoms with Crippen LogP contribution in [0.4, 0.5) is 10.5 Å². The van der Waals surface area contributed by atoms with Crippen LogP contribution in [0.5, 0.6) is 0 Å². The lowest BCUT2D eigenvalue weighted by molar-refractivity contribution is 0.194. The lowest BCUT2D eigenvalue weighted by atomic mass is 10.0. The average Bonchev–Trinajstić information content (AvgIpc) is 3.49. The van der Waals surface area contributed by atoms with Crippen LogP contribution in [0.3, 0.4) is 0 Å². The number of hydrogen-bond acceptors (Lipinski definition) is 3. The van der Waals surface area contributed by atoms with Crippen molar-refractivity contribution >= 4 is 23.5 Å². The number of nitrogens with one attached hydrogen (secondary N) is 1. The molecule has 0 radical (unpaired) electrons. The number of fused-ring (bicyclic) bond motifs is 3. The van der Waals surface area contributed by atoms with Gasteiger partial charge in [0.2, 0.25) is 0 Å². The van der Waals surface area contributed by atoms with Gasteiger partial charge in [0, 0.05) is 22.3 Å². The van der Waals surface area contributed by atoms with E-state index >= 15 is 0 Å². The van der Waals surface area contributed by atoms with Crippen LogP contribution >= 0.6 is 11.8 Å². The van der Waals surface area contributed by atoms with Crippen LogP contribution in [-0.2, 0) is 6.54 Å². The van der Waals surface area contributed by atoms with E-state index in [4.69, 9.17) is 5.10 Å². The first-order valence-electron chi connectivity index (χ1n) is 13.0. The van der Waals surface area contributed by atoms with Crippen molar-refractivity contribution in [1.82, 2.24) is 19.2 Å². The van der Waals surface area contributed by atoms with Crippen molar-refractivity contribution in [3.63, 3.8) is 0 Å². The quantitative estimate of drug-likeness (QED) is 0.244. The normalized spacial score (nSPS) is 14.5. The fourth-order valence-corrected chi connectivity index (χ4v) is 5.94. The van der Waals surface area contributed by atoms with Crippen molar-refractivity contribution in [2.24, 2.45) is 0 Å². The van der Waals surface area contributed by atoms with Crippen LogP contribution in [0, 0.1) is 20.8 Å². The predicted octanol–water partition coefficient (Wildman–Crippen LogP) is 7.45. The van der Waals surface area contributed by atoms with Crippen molar-refractivity contribution in [1.29, 1.82) is 0 Å². The third-order valence-electron chi connectivity index (χ3n) is 7.25. The summed E-state index contributed by atoms with van der Waals surface area (Å²) < 4.78 is 4.19. The van der Waals surface area contributed by atoms with Gasteiger partial charge in [-0.25, -0.2) is 9.48 Å². The van der Waals surface area contributed by atoms with Crippen LogP contribution in [0.1, 0.15) is 39.7 Å². The second kappa shape index (κ2) is 10.2. The maximum atomic E-state index is 14.2. The van der Waals surface area contributed by atoms with Gasteiger partial charge in [-0.3, -0.25) is 0 Å². The number of anilines is 1. The molecule has 39 heavy (non-hydrogen) atoms. The monoisotopic (exact) mass is 533 g/mol. The Bertz CT molecular complexity index is 1630. The fourth-order valence-electron chi connectivity index (χ4n) is 5.53. The van der Waals surface area contributed by atoms with E-state index in [-0.39, 0.29) is 12.1 Å². The second-order valence-electron chi connectivity index (χ2n) is 10.0. The Labute approximate surface area is 233 Å². The highest BCUT2D eigenvalue weighted by molar-refractivity contribution is 7.98. The third kappa shape index (κ3) is 4.63. The number of aryl methyl sites for hydroxylation is 3. The second-order valence-corrected chi connectivity index (χ2v) is 10.9. The maximum absolute atomic E-state index is 14.2. The minimum absolute atomic E-state index is 0.147. The molecule has 0 aliphatic carbocycles. The van der Waals surface area contributed by atoms with Crippen molar-refractivity contribution in [2.75, 3.05) is 11.6 Å². The number of rotatable bonds is 4. The van der Waals surface area contributed by atoms with E-state index in [1.807, 2.05) is 66.8 Å². The number of carbonyl (C=O) groups excluding carboxylic acids is 1. The zero-order valence-corrected chi connectivity index (χ0v) is 23.4. The molecule has 1 N–H and O–H groups in total. The number of hydrogen-bond donors (Lipinski definition) is 1. The summed E-state index contributed by atoms with van der Waals surface area (Å²) in [5.74, 6) is 0.964. The van der Waals surface area contributed by atoms with E-state index in [1.165, 1.54) is 4.90 Å². The lowest BCUT2D eigenvalue weighted by Gasteiger charge is -2.31. The molecule has 6 nitrogen and oxygen atoms in total. The van der Waals surface area contributed by atoms with E-state index in [9.17, 15) is 4.79 Å². The molecule has 3 heterocycles. The molecule has 7 heteroatoms. The molecule has 0 fully saturated rings. The molecule has 1 aliphatic rings. The predicted molar refractivity (Wildman–Crippen MR) is 158 cm³/mol. The summed E-state index contributed by atoms with van der Waals surface area (Å²) in [5, 5.41) is 8.14. The highest BCUT2D eigenvalue weighted by Gasteiger charge is 2.36. The Morgan fingerprint density at radius 1 is 0.923 bits per heavy atom. The van der Waals surface area contributed by atoms with Gasteiger partial charge in [0.05, 0.1) is 29.7 Å². The summed E-state index contributed by atoms with van der Waals surface area (Å²) >= 11 is 1.71. The van der Waals surface area contributed by atoms with Gasteiger partial charge in [0.15, 0.2) is 0 Å². The van der Waals surface area contributed by atoms with Crippen molar-refractivity contribution in [3.8, 4) is 11.5 Å². The van der Waals surface area contributed by atoms with E-state index in [1.54, 1.807) is 11.8 Å². The number of carbonyl (C=O) groups is 1. The topological polar surface area (TPSA) is 55.1 Å². The molecule has 0 saturated heterocycles. The number of nitrogens with zero attached hydrogens (tertiary/aromatic N) is 4. The number of thioether (sulfide) groups is 1. The average molecular weight is 534 g/mol. The van der Waals surface area contributed by atoms with E-state index in [2.05, 4.69) is 70.9 Å². The van der Waals surface area contributed by atoms with Crippen LogP contribution in [0.25, 0.3) is 11.5 Å². The molecule has 2 aromatic heterocycles. The molecule has 0 bridgehead atoms. The molecule has 196 valence electrons. The first-order chi connectivity index (χ1) is 18.9. The minimum Gasteiger partial charge on any atom is -0.308 e. The van der Waals surface area contributed by atoms with Gasteiger partial charge in [0.1, 0.15) is 5.82 Å². The number of urea groups is 1. The molecule has 0 spiro atoms. The zero-order chi connectivity index (χ0) is 27.1. The highest BCUT2D eigenvalue weighted by atomic mass is 32.2. The van der Waals surface area contributed by atoms with Gasteiger partial charge in [0.25, 0.3) is 0 Å². The van der Waals surface area contributed by atoms with Gasteiger partial charge in [-0.2, -0.15) is 5.10 Å². The molecular weight excluding hydrogens is 502 g/mol. The van der Waals surface area contributed by atoms with Gasteiger partial charge in [-0.1, -0.05) is 36.4 Å². The SMILES string of the molecule is CSc1ccc([C@H]2c3cccn3-c3c(c(C)nn3-c3ccccc3)CN2C(=O)Nc2cc(C)cc(C)c2)cc1. The van der Waals surface area contributed by atoms with Crippen LogP contribution < -0.4 is 5.32 Å². The van der Waals surface area contributed by atoms with Crippen LogP contribution in [0.2, 0.25) is 0 Å². The summed E-state index contributed by atoms with van der Waals surface area (Å²) in [6.45, 7) is 6.53. The zero-order valence-electron chi connectivity index (χ0n) is 22.6. The molecule has 5 aromatic rings. The molecule has 1 aliphatic heterocycles. The van der Waals surface area contributed by atoms with Gasteiger partial charge in [-0.05, 0) is 92.2 Å². The Hall–Kier alpha value is -4.23.